The highest BCUT2D eigenvalue weighted by atomic mass is 16.5. The third kappa shape index (κ3) is 6.37. The Bertz CT molecular complexity index is 529. The SMILES string of the molecule is CCCCCC(CC)Oc1ccccc1[C@@H]1C[C@H]1CNC(=O)CCC. The molecular formula is C22H35NO2. The fourth-order valence-electron chi connectivity index (χ4n) is 3.46. The van der Waals surface area contributed by atoms with Gasteiger partial charge in [0.1, 0.15) is 5.75 Å². The average molecular weight is 346 g/mol. The first-order valence-electron chi connectivity index (χ1n) is 10.2. The van der Waals surface area contributed by atoms with E-state index in [0.29, 0.717) is 24.4 Å². The molecule has 0 radical (unpaired) electrons. The number of rotatable bonds is 12. The number of nitrogens with one attached hydrogen (secondary N) is 1. The summed E-state index contributed by atoms with van der Waals surface area (Å²) in [4.78, 5) is 11.7. The van der Waals surface area contributed by atoms with Gasteiger partial charge >= 0.3 is 0 Å². The molecule has 3 nitrogen and oxygen atoms in total. The summed E-state index contributed by atoms with van der Waals surface area (Å²) in [6.07, 6.45) is 8.98. The molecule has 25 heavy (non-hydrogen) atoms. The van der Waals surface area contributed by atoms with Crippen LogP contribution in [-0.2, 0) is 4.79 Å². The number of hydrogen-bond donors (Lipinski definition) is 1. The second-order valence-electron chi connectivity index (χ2n) is 7.34. The number of carbonyl (C=O) groups is 1. The van der Waals surface area contributed by atoms with Gasteiger partial charge in [0.05, 0.1) is 6.10 Å². The lowest BCUT2D eigenvalue weighted by molar-refractivity contribution is -0.121. The molecule has 1 aliphatic rings. The van der Waals surface area contributed by atoms with Crippen molar-refractivity contribution in [3.8, 4) is 5.75 Å². The molecule has 1 aromatic carbocycles. The first kappa shape index (κ1) is 19.8. The van der Waals surface area contributed by atoms with Crippen LogP contribution in [0.3, 0.4) is 0 Å². The van der Waals surface area contributed by atoms with Gasteiger partial charge in [-0.25, -0.2) is 0 Å². The van der Waals surface area contributed by atoms with Crippen molar-refractivity contribution in [3.05, 3.63) is 29.8 Å². The fourth-order valence-corrected chi connectivity index (χ4v) is 3.46. The second kappa shape index (κ2) is 10.5. The van der Waals surface area contributed by atoms with Crippen LogP contribution >= 0.6 is 0 Å². The Hall–Kier alpha value is -1.51. The number of ether oxygens (including phenoxy) is 1. The highest BCUT2D eigenvalue weighted by molar-refractivity contribution is 5.75. The smallest absolute Gasteiger partial charge is 0.219 e. The van der Waals surface area contributed by atoms with Gasteiger partial charge < -0.3 is 10.1 Å². The van der Waals surface area contributed by atoms with Crippen molar-refractivity contribution in [1.82, 2.24) is 5.32 Å². The molecule has 140 valence electrons. The Morgan fingerprint density at radius 3 is 2.72 bits per heavy atom. The van der Waals surface area contributed by atoms with Crippen molar-refractivity contribution in [3.63, 3.8) is 0 Å². The first-order valence-corrected chi connectivity index (χ1v) is 10.2. The predicted octanol–water partition coefficient (Wildman–Crippen LogP) is 5.44. The van der Waals surface area contributed by atoms with E-state index in [0.717, 1.165) is 38.0 Å². The lowest BCUT2D eigenvalue weighted by atomic mass is 10.1. The summed E-state index contributed by atoms with van der Waals surface area (Å²) in [5.41, 5.74) is 1.33. The zero-order valence-electron chi connectivity index (χ0n) is 16.2. The van der Waals surface area contributed by atoms with E-state index in [1.54, 1.807) is 0 Å². The Labute approximate surface area is 153 Å². The highest BCUT2D eigenvalue weighted by Crippen LogP contribution is 2.50. The van der Waals surface area contributed by atoms with Crippen molar-refractivity contribution in [2.45, 2.75) is 84.2 Å². The molecule has 0 saturated heterocycles. The van der Waals surface area contributed by atoms with E-state index in [-0.39, 0.29) is 5.91 Å². The Morgan fingerprint density at radius 2 is 2.00 bits per heavy atom. The molecule has 1 aromatic rings. The number of amides is 1. The number of carbonyl (C=O) groups excluding carboxylic acids is 1. The van der Waals surface area contributed by atoms with Gasteiger partial charge in [-0.15, -0.1) is 0 Å². The molecule has 2 rings (SSSR count). The molecule has 0 heterocycles. The molecule has 0 spiro atoms. The quantitative estimate of drug-likeness (QED) is 0.512. The van der Waals surface area contributed by atoms with E-state index in [9.17, 15) is 4.79 Å². The van der Waals surface area contributed by atoms with E-state index in [1.807, 2.05) is 6.92 Å². The highest BCUT2D eigenvalue weighted by Gasteiger charge is 2.40. The van der Waals surface area contributed by atoms with Crippen LogP contribution < -0.4 is 10.1 Å². The van der Waals surface area contributed by atoms with Gasteiger partial charge in [0.25, 0.3) is 0 Å². The van der Waals surface area contributed by atoms with Crippen LogP contribution in [0.1, 0.15) is 83.6 Å². The number of unbranched alkanes of at least 4 members (excludes halogenated alkanes) is 2. The maximum absolute atomic E-state index is 11.7. The summed E-state index contributed by atoms with van der Waals surface area (Å²) < 4.78 is 6.37. The van der Waals surface area contributed by atoms with Gasteiger partial charge in [-0.1, -0.05) is 51.8 Å². The molecule has 1 N–H and O–H groups in total. The average Bonchev–Trinajstić information content (AvgIpc) is 3.39. The minimum Gasteiger partial charge on any atom is -0.490 e. The van der Waals surface area contributed by atoms with Crippen LogP contribution in [0.4, 0.5) is 0 Å². The lowest BCUT2D eigenvalue weighted by Gasteiger charge is -2.20. The normalized spacial score (nSPS) is 20.1. The van der Waals surface area contributed by atoms with E-state index in [2.05, 4.69) is 43.4 Å². The zero-order valence-corrected chi connectivity index (χ0v) is 16.2. The molecule has 1 saturated carbocycles. The number of benzene rings is 1. The Kier molecular flexibility index (Phi) is 8.30. The second-order valence-corrected chi connectivity index (χ2v) is 7.34. The third-order valence-electron chi connectivity index (χ3n) is 5.16. The van der Waals surface area contributed by atoms with Crippen molar-refractivity contribution < 1.29 is 9.53 Å². The van der Waals surface area contributed by atoms with Gasteiger partial charge in [-0.2, -0.15) is 0 Å². The van der Waals surface area contributed by atoms with Gasteiger partial charge in [-0.3, -0.25) is 4.79 Å². The van der Waals surface area contributed by atoms with E-state index in [4.69, 9.17) is 4.74 Å². The predicted molar refractivity (Wildman–Crippen MR) is 104 cm³/mol. The lowest BCUT2D eigenvalue weighted by Crippen LogP contribution is -2.25. The van der Waals surface area contributed by atoms with E-state index >= 15 is 0 Å². The van der Waals surface area contributed by atoms with Gasteiger partial charge in [0.15, 0.2) is 0 Å². The van der Waals surface area contributed by atoms with Crippen LogP contribution in [0.5, 0.6) is 5.75 Å². The van der Waals surface area contributed by atoms with E-state index < -0.39 is 0 Å². The van der Waals surface area contributed by atoms with Crippen LogP contribution in [0.15, 0.2) is 24.3 Å². The summed E-state index contributed by atoms with van der Waals surface area (Å²) in [6.45, 7) is 7.29. The largest absolute Gasteiger partial charge is 0.490 e. The molecule has 0 aromatic heterocycles. The van der Waals surface area contributed by atoms with Crippen molar-refractivity contribution in [2.24, 2.45) is 5.92 Å². The Morgan fingerprint density at radius 1 is 1.20 bits per heavy atom. The number of para-hydroxylation sites is 1. The maximum Gasteiger partial charge on any atom is 0.219 e. The molecule has 0 bridgehead atoms. The van der Waals surface area contributed by atoms with Crippen molar-refractivity contribution in [1.29, 1.82) is 0 Å². The van der Waals surface area contributed by atoms with E-state index in [1.165, 1.54) is 24.8 Å². The number of hydrogen-bond acceptors (Lipinski definition) is 2. The summed E-state index contributed by atoms with van der Waals surface area (Å²) in [7, 11) is 0. The first-order chi connectivity index (χ1) is 12.2. The minimum absolute atomic E-state index is 0.180. The van der Waals surface area contributed by atoms with Crippen molar-refractivity contribution >= 4 is 5.91 Å². The topological polar surface area (TPSA) is 38.3 Å². The molecule has 1 fully saturated rings. The molecule has 1 amide bonds. The van der Waals surface area contributed by atoms with Gasteiger partial charge in [-0.05, 0) is 55.6 Å². The molecule has 1 unspecified atom stereocenters. The monoisotopic (exact) mass is 345 g/mol. The molecule has 3 heteroatoms. The van der Waals surface area contributed by atoms with Gasteiger partial charge in [0, 0.05) is 13.0 Å². The fraction of sp³-hybridized carbons (Fsp3) is 0.682. The summed E-state index contributed by atoms with van der Waals surface area (Å²) >= 11 is 0. The summed E-state index contributed by atoms with van der Waals surface area (Å²) in [6, 6.07) is 8.48. The van der Waals surface area contributed by atoms with Gasteiger partial charge in [0.2, 0.25) is 5.91 Å². The third-order valence-corrected chi connectivity index (χ3v) is 5.16. The van der Waals surface area contributed by atoms with Crippen LogP contribution in [0, 0.1) is 5.92 Å². The molecule has 1 aliphatic carbocycles. The zero-order chi connectivity index (χ0) is 18.1. The summed E-state index contributed by atoms with van der Waals surface area (Å²) in [5.74, 6) is 2.33. The minimum atomic E-state index is 0.180. The van der Waals surface area contributed by atoms with Crippen LogP contribution in [0.2, 0.25) is 0 Å². The molecule has 3 atom stereocenters. The van der Waals surface area contributed by atoms with Crippen LogP contribution in [-0.4, -0.2) is 18.6 Å². The Balaban J connectivity index is 1.89. The summed E-state index contributed by atoms with van der Waals surface area (Å²) in [5, 5.41) is 3.07. The maximum atomic E-state index is 11.7. The molecular weight excluding hydrogens is 310 g/mol. The van der Waals surface area contributed by atoms with Crippen LogP contribution in [0.25, 0.3) is 0 Å². The van der Waals surface area contributed by atoms with Crippen molar-refractivity contribution in [2.75, 3.05) is 6.54 Å². The standard InChI is InChI=1S/C22H35NO2/c1-4-7-8-12-18(6-3)25-21-14-10-9-13-19(21)20-15-17(20)16-23-22(24)11-5-2/h9-10,13-14,17-18,20H,4-8,11-12,15-16H2,1-3H3,(H,23,24)/t17-,18?,20+/m0/s1. The molecule has 0 aliphatic heterocycles.